The highest BCUT2D eigenvalue weighted by Crippen LogP contribution is 2.26. The zero-order valence-corrected chi connectivity index (χ0v) is 11.1. The molecule has 2 fully saturated rings. The topological polar surface area (TPSA) is 60.9 Å². The van der Waals surface area contributed by atoms with Crippen molar-refractivity contribution in [2.45, 2.75) is 51.6 Å². The fourth-order valence-corrected chi connectivity index (χ4v) is 3.15. The highest BCUT2D eigenvalue weighted by molar-refractivity contribution is 5.83. The van der Waals surface area contributed by atoms with Crippen molar-refractivity contribution < 1.29 is 14.7 Å². The van der Waals surface area contributed by atoms with E-state index in [0.717, 1.165) is 25.8 Å². The molecule has 1 N–H and O–H groups in total. The van der Waals surface area contributed by atoms with Crippen molar-refractivity contribution in [3.8, 4) is 0 Å². The van der Waals surface area contributed by atoms with E-state index >= 15 is 0 Å². The number of piperidine rings is 1. The van der Waals surface area contributed by atoms with Crippen LogP contribution in [-0.2, 0) is 4.79 Å². The number of carboxylic acids is 1. The smallest absolute Gasteiger partial charge is 0.326 e. The first-order valence-corrected chi connectivity index (χ1v) is 6.80. The normalized spacial score (nSPS) is 32.7. The SMILES string of the molecule is CC1CC(C)N(C(=O)N2CCCCC2C(=O)O)C1. The van der Waals surface area contributed by atoms with E-state index in [9.17, 15) is 14.7 Å². The van der Waals surface area contributed by atoms with Gasteiger partial charge in [-0.2, -0.15) is 0 Å². The first kappa shape index (κ1) is 13.2. The lowest BCUT2D eigenvalue weighted by atomic mass is 10.0. The predicted molar refractivity (Wildman–Crippen MR) is 67.3 cm³/mol. The number of hydrogen-bond acceptors (Lipinski definition) is 2. The molecule has 102 valence electrons. The molecule has 3 atom stereocenters. The monoisotopic (exact) mass is 254 g/mol. The molecule has 0 aromatic rings. The molecule has 0 radical (unpaired) electrons. The molecule has 2 heterocycles. The molecule has 2 aliphatic heterocycles. The van der Waals surface area contributed by atoms with Gasteiger partial charge in [0, 0.05) is 19.1 Å². The highest BCUT2D eigenvalue weighted by Gasteiger charge is 2.38. The Labute approximate surface area is 108 Å². The largest absolute Gasteiger partial charge is 0.480 e. The Morgan fingerprint density at radius 3 is 2.44 bits per heavy atom. The molecule has 0 aromatic carbocycles. The minimum Gasteiger partial charge on any atom is -0.480 e. The van der Waals surface area contributed by atoms with Crippen molar-refractivity contribution in [3.05, 3.63) is 0 Å². The number of carboxylic acid groups (broad SMARTS) is 1. The number of amides is 2. The van der Waals surface area contributed by atoms with Crippen LogP contribution in [-0.4, -0.2) is 52.1 Å². The summed E-state index contributed by atoms with van der Waals surface area (Å²) in [7, 11) is 0. The molecular formula is C13H22N2O3. The Balaban J connectivity index is 2.09. The van der Waals surface area contributed by atoms with Gasteiger partial charge in [-0.1, -0.05) is 6.92 Å². The number of rotatable bonds is 1. The Hall–Kier alpha value is -1.26. The van der Waals surface area contributed by atoms with Crippen LogP contribution < -0.4 is 0 Å². The van der Waals surface area contributed by atoms with Crippen LogP contribution in [0.15, 0.2) is 0 Å². The predicted octanol–water partition coefficient (Wildman–Crippen LogP) is 1.78. The number of hydrogen-bond donors (Lipinski definition) is 1. The Kier molecular flexibility index (Phi) is 3.78. The second-order valence-corrected chi connectivity index (χ2v) is 5.67. The summed E-state index contributed by atoms with van der Waals surface area (Å²) in [5.41, 5.74) is 0. The van der Waals surface area contributed by atoms with Crippen LogP contribution in [0.2, 0.25) is 0 Å². The second-order valence-electron chi connectivity index (χ2n) is 5.67. The van der Waals surface area contributed by atoms with E-state index in [1.807, 2.05) is 11.8 Å². The number of aliphatic carboxylic acids is 1. The van der Waals surface area contributed by atoms with Crippen LogP contribution >= 0.6 is 0 Å². The van der Waals surface area contributed by atoms with Gasteiger partial charge in [-0.05, 0) is 38.5 Å². The fraction of sp³-hybridized carbons (Fsp3) is 0.846. The molecule has 2 amide bonds. The number of nitrogens with zero attached hydrogens (tertiary/aromatic N) is 2. The fourth-order valence-electron chi connectivity index (χ4n) is 3.15. The molecule has 0 aromatic heterocycles. The molecule has 2 rings (SSSR count). The molecule has 2 saturated heterocycles. The maximum atomic E-state index is 12.5. The minimum absolute atomic E-state index is 0.0843. The lowest BCUT2D eigenvalue weighted by molar-refractivity contribution is -0.143. The number of carbonyl (C=O) groups is 2. The lowest BCUT2D eigenvalue weighted by Gasteiger charge is -2.37. The third kappa shape index (κ3) is 2.44. The molecule has 0 bridgehead atoms. The number of likely N-dealkylation sites (tertiary alicyclic amines) is 2. The molecule has 2 aliphatic rings. The van der Waals surface area contributed by atoms with E-state index in [1.54, 1.807) is 4.90 Å². The molecule has 5 heteroatoms. The van der Waals surface area contributed by atoms with E-state index in [2.05, 4.69) is 6.92 Å². The molecule has 0 saturated carbocycles. The summed E-state index contributed by atoms with van der Waals surface area (Å²) < 4.78 is 0. The third-order valence-corrected chi connectivity index (χ3v) is 4.06. The van der Waals surface area contributed by atoms with Crippen molar-refractivity contribution in [2.24, 2.45) is 5.92 Å². The van der Waals surface area contributed by atoms with Crippen molar-refractivity contribution in [1.82, 2.24) is 9.80 Å². The average Bonchev–Trinajstić information content (AvgIpc) is 2.67. The molecule has 0 aliphatic carbocycles. The van der Waals surface area contributed by atoms with Gasteiger partial charge in [0.05, 0.1) is 0 Å². The summed E-state index contributed by atoms with van der Waals surface area (Å²) in [6, 6.07) is -0.489. The van der Waals surface area contributed by atoms with E-state index in [0.29, 0.717) is 18.9 Å². The summed E-state index contributed by atoms with van der Waals surface area (Å²) in [5, 5.41) is 9.21. The Bertz CT molecular complexity index is 345. The first-order chi connectivity index (χ1) is 8.50. The summed E-state index contributed by atoms with van der Waals surface area (Å²) >= 11 is 0. The van der Waals surface area contributed by atoms with Crippen LogP contribution in [0, 0.1) is 5.92 Å². The summed E-state index contributed by atoms with van der Waals surface area (Å²) in [4.78, 5) is 27.1. The average molecular weight is 254 g/mol. The number of urea groups is 1. The molecule has 5 nitrogen and oxygen atoms in total. The quantitative estimate of drug-likeness (QED) is 0.776. The van der Waals surface area contributed by atoms with Crippen LogP contribution in [0.4, 0.5) is 4.79 Å². The maximum Gasteiger partial charge on any atom is 0.326 e. The maximum absolute atomic E-state index is 12.5. The molecule has 18 heavy (non-hydrogen) atoms. The van der Waals surface area contributed by atoms with Crippen molar-refractivity contribution in [3.63, 3.8) is 0 Å². The van der Waals surface area contributed by atoms with Gasteiger partial charge in [-0.15, -0.1) is 0 Å². The van der Waals surface area contributed by atoms with Crippen molar-refractivity contribution in [2.75, 3.05) is 13.1 Å². The van der Waals surface area contributed by atoms with Gasteiger partial charge in [-0.3, -0.25) is 0 Å². The van der Waals surface area contributed by atoms with Crippen molar-refractivity contribution >= 4 is 12.0 Å². The minimum atomic E-state index is -0.872. The van der Waals surface area contributed by atoms with Crippen LogP contribution in [0.3, 0.4) is 0 Å². The van der Waals surface area contributed by atoms with Gasteiger partial charge in [0.15, 0.2) is 0 Å². The second kappa shape index (κ2) is 5.16. The molecule has 0 spiro atoms. The van der Waals surface area contributed by atoms with E-state index in [-0.39, 0.29) is 12.1 Å². The molecule has 3 unspecified atom stereocenters. The van der Waals surface area contributed by atoms with Gasteiger partial charge < -0.3 is 14.9 Å². The van der Waals surface area contributed by atoms with E-state index in [1.165, 1.54) is 0 Å². The summed E-state index contributed by atoms with van der Waals surface area (Å²) in [6.07, 6.45) is 3.40. The third-order valence-electron chi connectivity index (χ3n) is 4.06. The molecular weight excluding hydrogens is 232 g/mol. The highest BCUT2D eigenvalue weighted by atomic mass is 16.4. The van der Waals surface area contributed by atoms with Gasteiger partial charge in [0.2, 0.25) is 0 Å². The Morgan fingerprint density at radius 2 is 1.89 bits per heavy atom. The van der Waals surface area contributed by atoms with Gasteiger partial charge in [0.1, 0.15) is 6.04 Å². The van der Waals surface area contributed by atoms with E-state index < -0.39 is 12.0 Å². The lowest BCUT2D eigenvalue weighted by Crippen LogP contribution is -2.53. The van der Waals surface area contributed by atoms with Crippen LogP contribution in [0.25, 0.3) is 0 Å². The van der Waals surface area contributed by atoms with Gasteiger partial charge >= 0.3 is 12.0 Å². The zero-order chi connectivity index (χ0) is 13.3. The number of carbonyl (C=O) groups excluding carboxylic acids is 1. The summed E-state index contributed by atoms with van der Waals surface area (Å²) in [6.45, 7) is 5.51. The van der Waals surface area contributed by atoms with E-state index in [4.69, 9.17) is 0 Å². The van der Waals surface area contributed by atoms with Crippen molar-refractivity contribution in [1.29, 1.82) is 0 Å². The van der Waals surface area contributed by atoms with Gasteiger partial charge in [0.25, 0.3) is 0 Å². The zero-order valence-electron chi connectivity index (χ0n) is 11.1. The Morgan fingerprint density at radius 1 is 1.17 bits per heavy atom. The van der Waals surface area contributed by atoms with Crippen LogP contribution in [0.1, 0.15) is 39.5 Å². The standard InChI is InChI=1S/C13H22N2O3/c1-9-7-10(2)15(8-9)13(18)14-6-4-3-5-11(14)12(16)17/h9-11H,3-8H2,1-2H3,(H,16,17). The first-order valence-electron chi connectivity index (χ1n) is 6.80. The summed E-state index contributed by atoms with van der Waals surface area (Å²) in [5.74, 6) is -0.361. The van der Waals surface area contributed by atoms with Crippen LogP contribution in [0.5, 0.6) is 0 Å². The van der Waals surface area contributed by atoms with Gasteiger partial charge in [-0.25, -0.2) is 9.59 Å².